The second kappa shape index (κ2) is 5.31. The minimum atomic E-state index is 0.646. The molecule has 0 spiro atoms. The number of nitrogens with zero attached hydrogens (tertiary/aromatic N) is 1. The number of ether oxygens (including phenoxy) is 1. The predicted molar refractivity (Wildman–Crippen MR) is 73.4 cm³/mol. The molecule has 0 aliphatic heterocycles. The number of benzene rings is 1. The number of aryl methyl sites for hydroxylation is 2. The summed E-state index contributed by atoms with van der Waals surface area (Å²) in [5.74, 6) is 0.735. The van der Waals surface area contributed by atoms with Gasteiger partial charge in [-0.3, -0.25) is 0 Å². The van der Waals surface area contributed by atoms with Crippen molar-refractivity contribution in [2.45, 2.75) is 20.4 Å². The standard InChI is InChI=1S/C13H16ClN3O/c1-8-4-11(13(18-3)5-10(8)14)15-6-12-9(2)16-7-17-12/h4-5,7,15H,6H2,1-3H3,(H,16,17). The smallest absolute Gasteiger partial charge is 0.143 e. The molecule has 0 amide bonds. The van der Waals surface area contributed by atoms with Crippen LogP contribution in [-0.2, 0) is 6.54 Å². The van der Waals surface area contributed by atoms with E-state index in [0.717, 1.165) is 28.4 Å². The summed E-state index contributed by atoms with van der Waals surface area (Å²) in [6, 6.07) is 3.79. The average molecular weight is 266 g/mol. The molecule has 0 fully saturated rings. The fourth-order valence-electron chi connectivity index (χ4n) is 1.71. The fraction of sp³-hybridized carbons (Fsp3) is 0.308. The highest BCUT2D eigenvalue weighted by Crippen LogP contribution is 2.31. The third-order valence-corrected chi connectivity index (χ3v) is 3.27. The number of hydrogen-bond donors (Lipinski definition) is 2. The minimum Gasteiger partial charge on any atom is -0.495 e. The molecule has 0 aliphatic rings. The Balaban J connectivity index is 2.18. The Labute approximate surface area is 111 Å². The first-order valence-corrected chi connectivity index (χ1v) is 6.06. The van der Waals surface area contributed by atoms with Crippen molar-refractivity contribution in [1.29, 1.82) is 0 Å². The number of anilines is 1. The number of aromatic nitrogens is 2. The molecule has 0 aliphatic carbocycles. The van der Waals surface area contributed by atoms with E-state index in [-0.39, 0.29) is 0 Å². The lowest BCUT2D eigenvalue weighted by atomic mass is 10.2. The molecule has 0 radical (unpaired) electrons. The zero-order valence-corrected chi connectivity index (χ0v) is 11.4. The molecule has 1 aromatic carbocycles. The number of halogens is 1. The van der Waals surface area contributed by atoms with E-state index in [4.69, 9.17) is 16.3 Å². The first-order valence-electron chi connectivity index (χ1n) is 5.68. The van der Waals surface area contributed by atoms with Gasteiger partial charge in [-0.05, 0) is 25.5 Å². The number of imidazole rings is 1. The maximum Gasteiger partial charge on any atom is 0.143 e. The molecular formula is C13H16ClN3O. The van der Waals surface area contributed by atoms with Crippen LogP contribution in [0.3, 0.4) is 0 Å². The highest BCUT2D eigenvalue weighted by atomic mass is 35.5. The lowest BCUT2D eigenvalue weighted by molar-refractivity contribution is 0.416. The van der Waals surface area contributed by atoms with Crippen molar-refractivity contribution in [1.82, 2.24) is 9.97 Å². The molecule has 2 rings (SSSR count). The van der Waals surface area contributed by atoms with Crippen LogP contribution in [0.15, 0.2) is 18.5 Å². The summed E-state index contributed by atoms with van der Waals surface area (Å²) < 4.78 is 5.31. The van der Waals surface area contributed by atoms with E-state index in [9.17, 15) is 0 Å². The van der Waals surface area contributed by atoms with Gasteiger partial charge < -0.3 is 15.0 Å². The van der Waals surface area contributed by atoms with E-state index in [2.05, 4.69) is 15.3 Å². The average Bonchev–Trinajstić information content (AvgIpc) is 2.76. The van der Waals surface area contributed by atoms with Gasteiger partial charge in [0.15, 0.2) is 0 Å². The highest BCUT2D eigenvalue weighted by Gasteiger charge is 2.08. The molecule has 96 valence electrons. The van der Waals surface area contributed by atoms with Crippen molar-refractivity contribution >= 4 is 17.3 Å². The Morgan fingerprint density at radius 2 is 2.17 bits per heavy atom. The van der Waals surface area contributed by atoms with Gasteiger partial charge in [0, 0.05) is 16.8 Å². The van der Waals surface area contributed by atoms with Crippen LogP contribution in [0, 0.1) is 13.8 Å². The van der Waals surface area contributed by atoms with E-state index >= 15 is 0 Å². The number of methoxy groups -OCH3 is 1. The Kier molecular flexibility index (Phi) is 3.77. The molecule has 5 heteroatoms. The van der Waals surface area contributed by atoms with Crippen molar-refractivity contribution < 1.29 is 4.74 Å². The molecule has 0 saturated heterocycles. The lowest BCUT2D eigenvalue weighted by Gasteiger charge is -2.12. The topological polar surface area (TPSA) is 49.9 Å². The molecule has 0 atom stereocenters. The van der Waals surface area contributed by atoms with Crippen LogP contribution < -0.4 is 10.1 Å². The minimum absolute atomic E-state index is 0.646. The lowest BCUT2D eigenvalue weighted by Crippen LogP contribution is -2.03. The summed E-state index contributed by atoms with van der Waals surface area (Å²) in [6.07, 6.45) is 1.69. The van der Waals surface area contributed by atoms with Gasteiger partial charge in [0.25, 0.3) is 0 Å². The number of nitrogens with one attached hydrogen (secondary N) is 2. The van der Waals surface area contributed by atoms with Gasteiger partial charge in [-0.2, -0.15) is 0 Å². The van der Waals surface area contributed by atoms with Crippen molar-refractivity contribution in [3.05, 3.63) is 40.4 Å². The maximum absolute atomic E-state index is 6.06. The SMILES string of the molecule is COc1cc(Cl)c(C)cc1NCc1nc[nH]c1C. The first-order chi connectivity index (χ1) is 8.61. The monoisotopic (exact) mass is 265 g/mol. The van der Waals surface area contributed by atoms with Gasteiger partial charge in [-0.25, -0.2) is 4.98 Å². The van der Waals surface area contributed by atoms with Gasteiger partial charge in [0.2, 0.25) is 0 Å². The van der Waals surface area contributed by atoms with Crippen LogP contribution in [0.4, 0.5) is 5.69 Å². The molecule has 1 aromatic heterocycles. The quantitative estimate of drug-likeness (QED) is 0.892. The van der Waals surface area contributed by atoms with Gasteiger partial charge in [0.05, 0.1) is 31.4 Å². The molecule has 1 heterocycles. The third kappa shape index (κ3) is 2.59. The Morgan fingerprint density at radius 1 is 1.39 bits per heavy atom. The summed E-state index contributed by atoms with van der Waals surface area (Å²) in [7, 11) is 1.63. The van der Waals surface area contributed by atoms with E-state index in [0.29, 0.717) is 11.6 Å². The highest BCUT2D eigenvalue weighted by molar-refractivity contribution is 6.31. The predicted octanol–water partition coefficient (Wildman–Crippen LogP) is 3.30. The van der Waals surface area contributed by atoms with Gasteiger partial charge in [-0.15, -0.1) is 0 Å². The molecule has 2 N–H and O–H groups in total. The number of aromatic amines is 1. The van der Waals surface area contributed by atoms with E-state index < -0.39 is 0 Å². The second-order valence-corrected chi connectivity index (χ2v) is 4.54. The fourth-order valence-corrected chi connectivity index (χ4v) is 1.87. The zero-order chi connectivity index (χ0) is 13.1. The molecule has 4 nitrogen and oxygen atoms in total. The number of hydrogen-bond acceptors (Lipinski definition) is 3. The van der Waals surface area contributed by atoms with Crippen LogP contribution in [-0.4, -0.2) is 17.1 Å². The Hall–Kier alpha value is -1.68. The van der Waals surface area contributed by atoms with Crippen molar-refractivity contribution in [3.8, 4) is 5.75 Å². The molecule has 0 unspecified atom stereocenters. The summed E-state index contributed by atoms with van der Waals surface area (Å²) in [5, 5.41) is 4.01. The molecular weight excluding hydrogens is 250 g/mol. The van der Waals surface area contributed by atoms with Crippen molar-refractivity contribution in [3.63, 3.8) is 0 Å². The van der Waals surface area contributed by atoms with Crippen LogP contribution in [0.5, 0.6) is 5.75 Å². The van der Waals surface area contributed by atoms with Gasteiger partial charge in [-0.1, -0.05) is 11.6 Å². The van der Waals surface area contributed by atoms with Crippen molar-refractivity contribution in [2.75, 3.05) is 12.4 Å². The van der Waals surface area contributed by atoms with E-state index in [1.807, 2.05) is 26.0 Å². The van der Waals surface area contributed by atoms with Crippen LogP contribution in [0.1, 0.15) is 17.0 Å². The third-order valence-electron chi connectivity index (χ3n) is 2.86. The Morgan fingerprint density at radius 3 is 2.78 bits per heavy atom. The normalized spacial score (nSPS) is 10.4. The summed E-state index contributed by atoms with van der Waals surface area (Å²) in [4.78, 5) is 7.29. The number of H-pyrrole nitrogens is 1. The maximum atomic E-state index is 6.06. The van der Waals surface area contributed by atoms with Gasteiger partial charge >= 0.3 is 0 Å². The summed E-state index contributed by atoms with van der Waals surface area (Å²) in [5.41, 5.74) is 3.98. The largest absolute Gasteiger partial charge is 0.495 e. The zero-order valence-electron chi connectivity index (χ0n) is 10.7. The van der Waals surface area contributed by atoms with Crippen molar-refractivity contribution in [2.24, 2.45) is 0 Å². The summed E-state index contributed by atoms with van der Waals surface area (Å²) >= 11 is 6.06. The second-order valence-electron chi connectivity index (χ2n) is 4.13. The molecule has 2 aromatic rings. The van der Waals surface area contributed by atoms with Crippen LogP contribution in [0.2, 0.25) is 5.02 Å². The van der Waals surface area contributed by atoms with E-state index in [1.165, 1.54) is 0 Å². The van der Waals surface area contributed by atoms with Crippen LogP contribution in [0.25, 0.3) is 0 Å². The summed E-state index contributed by atoms with van der Waals surface area (Å²) in [6.45, 7) is 4.61. The van der Waals surface area contributed by atoms with E-state index in [1.54, 1.807) is 13.4 Å². The number of rotatable bonds is 4. The first kappa shape index (κ1) is 12.8. The van der Waals surface area contributed by atoms with Crippen LogP contribution >= 0.6 is 11.6 Å². The Bertz CT molecular complexity index is 551. The molecule has 0 bridgehead atoms. The molecule has 18 heavy (non-hydrogen) atoms. The van der Waals surface area contributed by atoms with Gasteiger partial charge in [0.1, 0.15) is 5.75 Å². The molecule has 0 saturated carbocycles.